The minimum Gasteiger partial charge on any atom is -0.396 e. The summed E-state index contributed by atoms with van der Waals surface area (Å²) in [6.07, 6.45) is 2.59. The lowest BCUT2D eigenvalue weighted by atomic mass is 10.2. The number of aliphatic hydroxyl groups is 1. The van der Waals surface area contributed by atoms with Gasteiger partial charge in [-0.1, -0.05) is 18.2 Å². The van der Waals surface area contributed by atoms with Gasteiger partial charge in [0.15, 0.2) is 0 Å². The SMILES string of the molecule is C=C(Cl)CCCCO. The summed E-state index contributed by atoms with van der Waals surface area (Å²) in [5.41, 5.74) is 0. The number of aliphatic hydroxyl groups excluding tert-OH is 1. The molecule has 0 aromatic rings. The summed E-state index contributed by atoms with van der Waals surface area (Å²) >= 11 is 5.44. The Morgan fingerprint density at radius 3 is 2.50 bits per heavy atom. The van der Waals surface area contributed by atoms with E-state index in [4.69, 9.17) is 16.7 Å². The van der Waals surface area contributed by atoms with Gasteiger partial charge in [-0.3, -0.25) is 0 Å². The molecule has 0 heterocycles. The Kier molecular flexibility index (Phi) is 5.13. The third-order valence-electron chi connectivity index (χ3n) is 0.856. The molecule has 0 amide bonds. The van der Waals surface area contributed by atoms with Crippen LogP contribution in [-0.2, 0) is 0 Å². The standard InChI is InChI=1S/C6H11ClO/c1-6(7)4-2-3-5-8/h8H,1-5H2. The van der Waals surface area contributed by atoms with Crippen molar-refractivity contribution >= 4 is 11.6 Å². The van der Waals surface area contributed by atoms with Gasteiger partial charge in [0.2, 0.25) is 0 Å². The Bertz CT molecular complexity index is 70.9. The van der Waals surface area contributed by atoms with Crippen molar-refractivity contribution in [2.75, 3.05) is 6.61 Å². The summed E-state index contributed by atoms with van der Waals surface area (Å²) in [7, 11) is 0. The summed E-state index contributed by atoms with van der Waals surface area (Å²) in [5, 5.41) is 8.99. The van der Waals surface area contributed by atoms with Gasteiger partial charge in [0.25, 0.3) is 0 Å². The van der Waals surface area contributed by atoms with E-state index in [2.05, 4.69) is 6.58 Å². The van der Waals surface area contributed by atoms with Gasteiger partial charge in [-0.05, 0) is 19.3 Å². The molecule has 0 bridgehead atoms. The minimum atomic E-state index is 0.254. The summed E-state index contributed by atoms with van der Waals surface area (Å²) in [6, 6.07) is 0. The molecule has 0 fully saturated rings. The average molecular weight is 135 g/mol. The molecule has 0 unspecified atom stereocenters. The van der Waals surface area contributed by atoms with E-state index >= 15 is 0 Å². The summed E-state index contributed by atoms with van der Waals surface area (Å²) in [6.45, 7) is 3.76. The smallest absolute Gasteiger partial charge is 0.0431 e. The highest BCUT2D eigenvalue weighted by atomic mass is 35.5. The van der Waals surface area contributed by atoms with Crippen molar-refractivity contribution in [2.45, 2.75) is 19.3 Å². The predicted molar refractivity (Wildman–Crippen MR) is 35.9 cm³/mol. The molecule has 0 aromatic heterocycles. The molecular weight excluding hydrogens is 124 g/mol. The highest BCUT2D eigenvalue weighted by Crippen LogP contribution is 2.07. The maximum absolute atomic E-state index is 8.31. The molecule has 0 aromatic carbocycles. The van der Waals surface area contributed by atoms with Gasteiger partial charge in [-0.25, -0.2) is 0 Å². The van der Waals surface area contributed by atoms with E-state index in [9.17, 15) is 0 Å². The van der Waals surface area contributed by atoms with Crippen LogP contribution in [0.4, 0.5) is 0 Å². The van der Waals surface area contributed by atoms with Gasteiger partial charge < -0.3 is 5.11 Å². The molecule has 1 nitrogen and oxygen atoms in total. The molecule has 0 atom stereocenters. The second-order valence-electron chi connectivity index (χ2n) is 1.70. The van der Waals surface area contributed by atoms with Crippen LogP contribution in [-0.4, -0.2) is 11.7 Å². The van der Waals surface area contributed by atoms with Gasteiger partial charge in [0, 0.05) is 11.6 Å². The quantitative estimate of drug-likeness (QED) is 0.583. The molecule has 0 radical (unpaired) electrons. The van der Waals surface area contributed by atoms with Crippen LogP contribution in [0.5, 0.6) is 0 Å². The first-order valence-electron chi connectivity index (χ1n) is 2.71. The van der Waals surface area contributed by atoms with Crippen molar-refractivity contribution < 1.29 is 5.11 Å². The molecule has 8 heavy (non-hydrogen) atoms. The van der Waals surface area contributed by atoms with Crippen LogP contribution in [0, 0.1) is 0 Å². The molecule has 0 rings (SSSR count). The number of halogens is 1. The van der Waals surface area contributed by atoms with Gasteiger partial charge in [-0.2, -0.15) is 0 Å². The van der Waals surface area contributed by atoms with Crippen molar-refractivity contribution in [3.05, 3.63) is 11.6 Å². The van der Waals surface area contributed by atoms with Crippen LogP contribution in [0.3, 0.4) is 0 Å². The molecule has 2 heteroatoms. The van der Waals surface area contributed by atoms with Crippen molar-refractivity contribution in [2.24, 2.45) is 0 Å². The third-order valence-corrected chi connectivity index (χ3v) is 1.05. The topological polar surface area (TPSA) is 20.2 Å². The fourth-order valence-electron chi connectivity index (χ4n) is 0.429. The second-order valence-corrected chi connectivity index (χ2v) is 2.23. The molecule has 0 aliphatic carbocycles. The number of hydrogen-bond acceptors (Lipinski definition) is 1. The van der Waals surface area contributed by atoms with E-state index in [-0.39, 0.29) is 6.61 Å². The van der Waals surface area contributed by atoms with Crippen LogP contribution in [0.1, 0.15) is 19.3 Å². The lowest BCUT2D eigenvalue weighted by Gasteiger charge is -1.92. The van der Waals surface area contributed by atoms with Crippen LogP contribution in [0.15, 0.2) is 11.6 Å². The van der Waals surface area contributed by atoms with Crippen molar-refractivity contribution in [1.82, 2.24) is 0 Å². The zero-order valence-corrected chi connectivity index (χ0v) is 5.62. The van der Waals surface area contributed by atoms with E-state index in [0.717, 1.165) is 19.3 Å². The Balaban J connectivity index is 2.82. The zero-order chi connectivity index (χ0) is 6.41. The first-order valence-corrected chi connectivity index (χ1v) is 3.09. The van der Waals surface area contributed by atoms with E-state index < -0.39 is 0 Å². The van der Waals surface area contributed by atoms with Crippen LogP contribution in [0.25, 0.3) is 0 Å². The predicted octanol–water partition coefficient (Wildman–Crippen LogP) is 1.90. The monoisotopic (exact) mass is 134 g/mol. The second kappa shape index (κ2) is 5.13. The fourth-order valence-corrected chi connectivity index (χ4v) is 0.562. The van der Waals surface area contributed by atoms with Crippen molar-refractivity contribution in [3.8, 4) is 0 Å². The maximum atomic E-state index is 8.31. The molecule has 0 aliphatic heterocycles. The summed E-state index contributed by atoms with van der Waals surface area (Å²) < 4.78 is 0. The molecule has 0 aliphatic rings. The molecule has 0 spiro atoms. The average Bonchev–Trinajstić information content (AvgIpc) is 1.66. The molecular formula is C6H11ClO. The Labute approximate surface area is 55.0 Å². The van der Waals surface area contributed by atoms with Crippen molar-refractivity contribution in [1.29, 1.82) is 0 Å². The largest absolute Gasteiger partial charge is 0.396 e. The van der Waals surface area contributed by atoms with Gasteiger partial charge >= 0.3 is 0 Å². The fraction of sp³-hybridized carbons (Fsp3) is 0.667. The molecule has 0 saturated heterocycles. The number of rotatable bonds is 4. The minimum absolute atomic E-state index is 0.254. The van der Waals surface area contributed by atoms with E-state index in [1.807, 2.05) is 0 Å². The van der Waals surface area contributed by atoms with Gasteiger partial charge in [0.1, 0.15) is 0 Å². The van der Waals surface area contributed by atoms with E-state index in [1.165, 1.54) is 0 Å². The normalized spacial score (nSPS) is 9.25. The van der Waals surface area contributed by atoms with E-state index in [1.54, 1.807) is 0 Å². The summed E-state index contributed by atoms with van der Waals surface area (Å²) in [5.74, 6) is 0. The number of allylic oxidation sites excluding steroid dienone is 1. The first-order chi connectivity index (χ1) is 3.77. The first kappa shape index (κ1) is 7.99. The lowest BCUT2D eigenvalue weighted by molar-refractivity contribution is 0.285. The number of hydrogen-bond donors (Lipinski definition) is 1. The Morgan fingerprint density at radius 2 is 2.12 bits per heavy atom. The maximum Gasteiger partial charge on any atom is 0.0431 e. The Hall–Kier alpha value is -0.0100. The van der Waals surface area contributed by atoms with Crippen LogP contribution >= 0.6 is 11.6 Å². The van der Waals surface area contributed by atoms with E-state index in [0.29, 0.717) is 5.03 Å². The molecule has 0 saturated carbocycles. The van der Waals surface area contributed by atoms with Crippen molar-refractivity contribution in [3.63, 3.8) is 0 Å². The third kappa shape index (κ3) is 5.99. The van der Waals surface area contributed by atoms with Crippen LogP contribution in [0.2, 0.25) is 0 Å². The molecule has 1 N–H and O–H groups in total. The van der Waals surface area contributed by atoms with Gasteiger partial charge in [0.05, 0.1) is 0 Å². The zero-order valence-electron chi connectivity index (χ0n) is 4.86. The Morgan fingerprint density at radius 1 is 1.50 bits per heavy atom. The highest BCUT2D eigenvalue weighted by molar-refractivity contribution is 6.29. The van der Waals surface area contributed by atoms with Crippen LogP contribution < -0.4 is 0 Å². The molecule has 48 valence electrons. The number of unbranched alkanes of at least 4 members (excludes halogenated alkanes) is 1. The highest BCUT2D eigenvalue weighted by Gasteiger charge is 1.87. The lowest BCUT2D eigenvalue weighted by Crippen LogP contribution is -1.81. The summed E-state index contributed by atoms with van der Waals surface area (Å²) in [4.78, 5) is 0. The van der Waals surface area contributed by atoms with Gasteiger partial charge in [-0.15, -0.1) is 0 Å².